The van der Waals surface area contributed by atoms with Crippen LogP contribution in [0.25, 0.3) is 0 Å². The number of carbonyl (C=O) groups is 2. The van der Waals surface area contributed by atoms with Gasteiger partial charge in [0, 0.05) is 6.21 Å². The van der Waals surface area contributed by atoms with Crippen molar-refractivity contribution in [2.45, 2.75) is 13.8 Å². The molecule has 0 heterocycles. The molecule has 22 heavy (non-hydrogen) atoms. The van der Waals surface area contributed by atoms with Crippen LogP contribution in [0.4, 0.5) is 10.5 Å². The van der Waals surface area contributed by atoms with Crippen LogP contribution in [0.1, 0.15) is 13.8 Å². The molecule has 118 valence electrons. The van der Waals surface area contributed by atoms with Crippen LogP contribution in [0.15, 0.2) is 40.6 Å². The van der Waals surface area contributed by atoms with Gasteiger partial charge in [-0.1, -0.05) is 0 Å². The Morgan fingerprint density at radius 1 is 1.32 bits per heavy atom. The average molecular weight is 306 g/mol. The first-order chi connectivity index (χ1) is 10.5. The lowest BCUT2D eigenvalue weighted by molar-refractivity contribution is -0.116. The molecule has 1 aromatic carbocycles. The number of nitrogens with zero attached hydrogens (tertiary/aromatic N) is 1. The summed E-state index contributed by atoms with van der Waals surface area (Å²) < 4.78 is 9.62. The number of allylic oxidation sites excluding steroid dienone is 1. The predicted octanol–water partition coefficient (Wildman–Crippen LogP) is 2.50. The molecule has 7 heteroatoms. The summed E-state index contributed by atoms with van der Waals surface area (Å²) in [5.41, 5.74) is 0.423. The largest absolute Gasteiger partial charge is 0.512 e. The van der Waals surface area contributed by atoms with Crippen LogP contribution < -0.4 is 10.1 Å². The van der Waals surface area contributed by atoms with Crippen molar-refractivity contribution >= 4 is 23.9 Å². The highest BCUT2D eigenvalue weighted by Crippen LogP contribution is 2.17. The number of alkyl carbamates (subject to hydrolysis) is 1. The first-order valence-electron chi connectivity index (χ1n) is 6.54. The Bertz CT molecular complexity index is 586. The SMILES string of the molecule is CCOC(=O)NC(=O)C(C=Nc1ccc(OC)cc1)=C(C)O. The fourth-order valence-electron chi connectivity index (χ4n) is 1.45. The maximum Gasteiger partial charge on any atom is 0.414 e. The molecule has 7 nitrogen and oxygen atoms in total. The third-order valence-electron chi connectivity index (χ3n) is 2.54. The van der Waals surface area contributed by atoms with Crippen LogP contribution in [0, 0.1) is 0 Å². The molecule has 2 N–H and O–H groups in total. The van der Waals surface area contributed by atoms with Gasteiger partial charge in [-0.3, -0.25) is 15.1 Å². The summed E-state index contributed by atoms with van der Waals surface area (Å²) >= 11 is 0. The number of ether oxygens (including phenoxy) is 2. The van der Waals surface area contributed by atoms with Gasteiger partial charge in [0.25, 0.3) is 5.91 Å². The molecule has 0 fully saturated rings. The molecule has 1 rings (SSSR count). The number of hydrogen-bond acceptors (Lipinski definition) is 6. The Hall–Kier alpha value is -2.83. The second-order valence-corrected chi connectivity index (χ2v) is 4.13. The van der Waals surface area contributed by atoms with Crippen molar-refractivity contribution in [3.63, 3.8) is 0 Å². The van der Waals surface area contributed by atoms with Gasteiger partial charge in [0.1, 0.15) is 11.5 Å². The van der Waals surface area contributed by atoms with Gasteiger partial charge in [0.15, 0.2) is 0 Å². The number of benzene rings is 1. The van der Waals surface area contributed by atoms with Crippen molar-refractivity contribution in [1.82, 2.24) is 5.32 Å². The highest BCUT2D eigenvalue weighted by Gasteiger charge is 2.15. The number of hydrogen-bond donors (Lipinski definition) is 2. The molecule has 0 radical (unpaired) electrons. The van der Waals surface area contributed by atoms with Crippen molar-refractivity contribution < 1.29 is 24.2 Å². The number of carbonyl (C=O) groups excluding carboxylic acids is 2. The number of methoxy groups -OCH3 is 1. The second kappa shape index (κ2) is 8.46. The maximum atomic E-state index is 11.9. The first kappa shape index (κ1) is 17.2. The van der Waals surface area contributed by atoms with E-state index >= 15 is 0 Å². The lowest BCUT2D eigenvalue weighted by Gasteiger charge is -2.05. The van der Waals surface area contributed by atoms with Crippen LogP contribution in [0.5, 0.6) is 5.75 Å². The summed E-state index contributed by atoms with van der Waals surface area (Å²) in [4.78, 5) is 27.1. The van der Waals surface area contributed by atoms with E-state index < -0.39 is 12.0 Å². The molecule has 0 saturated heterocycles. The lowest BCUT2D eigenvalue weighted by Crippen LogP contribution is -2.33. The van der Waals surface area contributed by atoms with Crippen LogP contribution in [0.3, 0.4) is 0 Å². The summed E-state index contributed by atoms with van der Waals surface area (Å²) in [5.74, 6) is -0.386. The van der Waals surface area contributed by atoms with E-state index in [0.29, 0.717) is 11.4 Å². The van der Waals surface area contributed by atoms with Gasteiger partial charge in [0.05, 0.1) is 25.0 Å². The van der Waals surface area contributed by atoms with Crippen LogP contribution in [-0.2, 0) is 9.53 Å². The molecule has 1 aromatic rings. The Balaban J connectivity index is 2.84. The number of aliphatic hydroxyl groups is 1. The fraction of sp³-hybridized carbons (Fsp3) is 0.267. The zero-order chi connectivity index (χ0) is 16.5. The van der Waals surface area contributed by atoms with Crippen LogP contribution in [-0.4, -0.2) is 37.0 Å². The summed E-state index contributed by atoms with van der Waals surface area (Å²) in [6.45, 7) is 3.07. The summed E-state index contributed by atoms with van der Waals surface area (Å²) in [7, 11) is 1.55. The Labute approximate surface area is 128 Å². The Kier molecular flexibility index (Phi) is 6.62. The third kappa shape index (κ3) is 5.28. The predicted molar refractivity (Wildman–Crippen MR) is 81.6 cm³/mol. The van der Waals surface area contributed by atoms with Gasteiger partial charge >= 0.3 is 6.09 Å². The van der Waals surface area contributed by atoms with E-state index in [1.54, 1.807) is 38.3 Å². The minimum atomic E-state index is -0.885. The van der Waals surface area contributed by atoms with Gasteiger partial charge in [-0.25, -0.2) is 4.79 Å². The summed E-state index contributed by atoms with van der Waals surface area (Å²) in [5, 5.41) is 11.5. The zero-order valence-electron chi connectivity index (χ0n) is 12.6. The van der Waals surface area contributed by atoms with Gasteiger partial charge in [0.2, 0.25) is 0 Å². The number of imide groups is 1. The van der Waals surface area contributed by atoms with Gasteiger partial charge in [-0.2, -0.15) is 0 Å². The highest BCUT2D eigenvalue weighted by molar-refractivity contribution is 6.16. The molecule has 0 aliphatic heterocycles. The highest BCUT2D eigenvalue weighted by atomic mass is 16.5. The quantitative estimate of drug-likeness (QED) is 0.495. The summed E-state index contributed by atoms with van der Waals surface area (Å²) in [6, 6.07) is 6.78. The fourth-order valence-corrected chi connectivity index (χ4v) is 1.45. The number of rotatable bonds is 5. The van der Waals surface area contributed by atoms with Crippen LogP contribution in [0.2, 0.25) is 0 Å². The van der Waals surface area contributed by atoms with E-state index in [1.165, 1.54) is 13.1 Å². The molecule has 0 unspecified atom stereocenters. The van der Waals surface area contributed by atoms with Gasteiger partial charge in [-0.15, -0.1) is 0 Å². The van der Waals surface area contributed by atoms with E-state index in [4.69, 9.17) is 4.74 Å². The topological polar surface area (TPSA) is 97.2 Å². The summed E-state index contributed by atoms with van der Waals surface area (Å²) in [6.07, 6.45) is 0.287. The normalized spacial score (nSPS) is 11.8. The van der Waals surface area contributed by atoms with Crippen molar-refractivity contribution in [1.29, 1.82) is 0 Å². The minimum absolute atomic E-state index is 0.135. The first-order valence-corrected chi connectivity index (χ1v) is 6.54. The monoisotopic (exact) mass is 306 g/mol. The minimum Gasteiger partial charge on any atom is -0.512 e. The van der Waals surface area contributed by atoms with E-state index in [-0.39, 0.29) is 17.9 Å². The van der Waals surface area contributed by atoms with E-state index in [9.17, 15) is 14.7 Å². The molecular weight excluding hydrogens is 288 g/mol. The van der Waals surface area contributed by atoms with Gasteiger partial charge < -0.3 is 14.6 Å². The van der Waals surface area contributed by atoms with Crippen molar-refractivity contribution in [3.05, 3.63) is 35.6 Å². The third-order valence-corrected chi connectivity index (χ3v) is 2.54. The number of aliphatic imine (C=N–C) groups is 1. The molecule has 0 atom stereocenters. The molecule has 0 aliphatic carbocycles. The zero-order valence-corrected chi connectivity index (χ0v) is 12.6. The molecule has 0 saturated carbocycles. The molecule has 0 aliphatic rings. The van der Waals surface area contributed by atoms with E-state index in [1.807, 2.05) is 5.32 Å². The molecule has 0 spiro atoms. The van der Waals surface area contributed by atoms with Crippen molar-refractivity contribution in [2.75, 3.05) is 13.7 Å². The average Bonchev–Trinajstić information content (AvgIpc) is 2.47. The van der Waals surface area contributed by atoms with E-state index in [2.05, 4.69) is 9.73 Å². The standard InChI is InChI=1S/C15H18N2O5/c1-4-22-15(20)17-14(19)13(10(2)18)9-16-11-5-7-12(21-3)8-6-11/h5-9,18H,4H2,1-3H3,(H,17,19,20). The van der Waals surface area contributed by atoms with Crippen molar-refractivity contribution in [2.24, 2.45) is 4.99 Å². The lowest BCUT2D eigenvalue weighted by atomic mass is 10.2. The molecule has 2 amide bonds. The number of nitrogens with one attached hydrogen (secondary N) is 1. The number of amides is 2. The second-order valence-electron chi connectivity index (χ2n) is 4.13. The number of aliphatic hydroxyl groups excluding tert-OH is 1. The molecular formula is C15H18N2O5. The smallest absolute Gasteiger partial charge is 0.414 e. The molecule has 0 bridgehead atoms. The molecule has 0 aromatic heterocycles. The van der Waals surface area contributed by atoms with E-state index in [0.717, 1.165) is 0 Å². The Morgan fingerprint density at radius 3 is 2.45 bits per heavy atom. The van der Waals surface area contributed by atoms with Crippen LogP contribution >= 0.6 is 0 Å². The van der Waals surface area contributed by atoms with Crippen molar-refractivity contribution in [3.8, 4) is 5.75 Å². The van der Waals surface area contributed by atoms with Gasteiger partial charge in [-0.05, 0) is 38.1 Å². The Morgan fingerprint density at radius 2 is 1.95 bits per heavy atom. The maximum absolute atomic E-state index is 11.9.